The summed E-state index contributed by atoms with van der Waals surface area (Å²) in [6.07, 6.45) is 5.17. The highest BCUT2D eigenvalue weighted by atomic mass is 16.5. The lowest BCUT2D eigenvalue weighted by Crippen LogP contribution is -2.53. The van der Waals surface area contributed by atoms with Crippen molar-refractivity contribution in [2.45, 2.75) is 32.2 Å². The summed E-state index contributed by atoms with van der Waals surface area (Å²) in [5.41, 5.74) is 4.37. The minimum absolute atomic E-state index is 0.118. The first-order valence-electron chi connectivity index (χ1n) is 10.9. The first-order valence-corrected chi connectivity index (χ1v) is 10.9. The van der Waals surface area contributed by atoms with Crippen molar-refractivity contribution >= 4 is 16.9 Å². The maximum absolute atomic E-state index is 13.4. The molecule has 154 valence electrons. The molecule has 1 amide bonds. The second-order valence-corrected chi connectivity index (χ2v) is 9.00. The number of hydrogen-bond donors (Lipinski definition) is 0. The molecule has 30 heavy (non-hydrogen) atoms. The number of methoxy groups -OCH3 is 1. The lowest BCUT2D eigenvalue weighted by molar-refractivity contribution is -0.0204. The molecule has 0 bridgehead atoms. The van der Waals surface area contributed by atoms with Crippen LogP contribution in [0.2, 0.25) is 0 Å². The van der Waals surface area contributed by atoms with E-state index < -0.39 is 0 Å². The maximum atomic E-state index is 13.4. The number of fused-ring (bicyclic) bond motifs is 1. The zero-order valence-corrected chi connectivity index (χ0v) is 17.6. The number of aromatic nitrogens is 3. The minimum atomic E-state index is 0.118. The zero-order valence-electron chi connectivity index (χ0n) is 17.6. The molecule has 0 N–H and O–H groups in total. The normalized spacial score (nSPS) is 26.3. The van der Waals surface area contributed by atoms with Gasteiger partial charge in [-0.1, -0.05) is 13.0 Å². The van der Waals surface area contributed by atoms with Gasteiger partial charge in [-0.05, 0) is 60.8 Å². The van der Waals surface area contributed by atoms with E-state index in [0.717, 1.165) is 58.8 Å². The number of nitrogens with zero attached hydrogens (tertiary/aromatic N) is 4. The van der Waals surface area contributed by atoms with Gasteiger partial charge in [0.1, 0.15) is 17.0 Å². The van der Waals surface area contributed by atoms with Crippen LogP contribution in [0, 0.1) is 17.8 Å². The fourth-order valence-corrected chi connectivity index (χ4v) is 6.09. The van der Waals surface area contributed by atoms with Crippen LogP contribution in [0.25, 0.3) is 22.6 Å². The van der Waals surface area contributed by atoms with E-state index in [0.29, 0.717) is 17.4 Å². The van der Waals surface area contributed by atoms with E-state index in [4.69, 9.17) is 9.72 Å². The van der Waals surface area contributed by atoms with E-state index in [-0.39, 0.29) is 5.91 Å². The predicted octanol–water partition coefficient (Wildman–Crippen LogP) is 3.69. The number of pyridine rings is 1. The molecular formula is C24H26N4O2. The first-order chi connectivity index (χ1) is 14.6. The molecule has 2 aromatic heterocycles. The van der Waals surface area contributed by atoms with Crippen molar-refractivity contribution in [3.8, 4) is 17.3 Å². The summed E-state index contributed by atoms with van der Waals surface area (Å²) >= 11 is 0. The highest BCUT2D eigenvalue weighted by molar-refractivity contribution is 6.00. The monoisotopic (exact) mass is 402 g/mol. The van der Waals surface area contributed by atoms with Gasteiger partial charge in [0.25, 0.3) is 5.91 Å². The Hall–Kier alpha value is -2.89. The molecule has 3 aliphatic rings. The summed E-state index contributed by atoms with van der Waals surface area (Å²) in [7, 11) is 3.63. The molecule has 1 saturated heterocycles. The van der Waals surface area contributed by atoms with Crippen molar-refractivity contribution < 1.29 is 9.53 Å². The van der Waals surface area contributed by atoms with Gasteiger partial charge in [0.15, 0.2) is 5.82 Å². The Balaban J connectivity index is 1.44. The molecular weight excluding hydrogens is 376 g/mol. The van der Waals surface area contributed by atoms with Crippen molar-refractivity contribution in [2.24, 2.45) is 24.8 Å². The zero-order chi connectivity index (χ0) is 20.6. The fourth-order valence-electron chi connectivity index (χ4n) is 6.09. The van der Waals surface area contributed by atoms with Crippen LogP contribution < -0.4 is 4.74 Å². The summed E-state index contributed by atoms with van der Waals surface area (Å²) < 4.78 is 7.73. The average molecular weight is 402 g/mol. The fraction of sp³-hybridized carbons (Fsp3) is 0.458. The van der Waals surface area contributed by atoms with E-state index in [1.807, 2.05) is 29.8 Å². The van der Waals surface area contributed by atoms with Crippen LogP contribution >= 0.6 is 0 Å². The topological polar surface area (TPSA) is 60.3 Å². The van der Waals surface area contributed by atoms with Crippen molar-refractivity contribution in [2.75, 3.05) is 13.7 Å². The standard InChI is InChI=1S/C24H26N4O2/c1-4-13-6-5-7-25-21(13)23-26-17-9-15(11-19(30-3)22(17)27(23)2)24(29)28-12-16-8-14-10-18(28)20(14)16/h5-7,9,11,14,16,18,20H,4,8,10,12H2,1-3H3/t14?,16-,18-,20-/m1/s1. The Morgan fingerprint density at radius 3 is 2.87 bits per heavy atom. The number of benzene rings is 1. The Morgan fingerprint density at radius 2 is 2.13 bits per heavy atom. The Morgan fingerprint density at radius 1 is 1.27 bits per heavy atom. The van der Waals surface area contributed by atoms with Crippen LogP contribution in [-0.2, 0) is 13.5 Å². The number of amides is 1. The first kappa shape index (κ1) is 17.9. The number of hydrogen-bond acceptors (Lipinski definition) is 4. The number of ether oxygens (including phenoxy) is 1. The number of likely N-dealkylation sites (tertiary alicyclic amines) is 1. The lowest BCUT2D eigenvalue weighted by Gasteiger charge is -2.52. The van der Waals surface area contributed by atoms with Crippen LogP contribution in [-0.4, -0.2) is 45.0 Å². The highest BCUT2D eigenvalue weighted by Crippen LogP contribution is 2.60. The number of imidazole rings is 1. The second kappa shape index (κ2) is 6.30. The molecule has 0 radical (unpaired) electrons. The summed E-state index contributed by atoms with van der Waals surface area (Å²) in [6, 6.07) is 8.29. The number of rotatable bonds is 4. The van der Waals surface area contributed by atoms with Crippen molar-refractivity contribution in [3.63, 3.8) is 0 Å². The molecule has 6 rings (SSSR count). The van der Waals surface area contributed by atoms with Gasteiger partial charge in [0, 0.05) is 31.4 Å². The van der Waals surface area contributed by atoms with Crippen LogP contribution in [0.3, 0.4) is 0 Å². The molecule has 2 saturated carbocycles. The molecule has 6 nitrogen and oxygen atoms in total. The van der Waals surface area contributed by atoms with Gasteiger partial charge >= 0.3 is 0 Å². The van der Waals surface area contributed by atoms with Crippen molar-refractivity contribution in [3.05, 3.63) is 41.6 Å². The van der Waals surface area contributed by atoms with Crippen LogP contribution in [0.15, 0.2) is 30.5 Å². The third-order valence-electron chi connectivity index (χ3n) is 7.66. The molecule has 2 aliphatic carbocycles. The summed E-state index contributed by atoms with van der Waals surface area (Å²) in [6.45, 7) is 3.03. The lowest BCUT2D eigenvalue weighted by atomic mass is 9.53. The highest BCUT2D eigenvalue weighted by Gasteiger charge is 2.61. The van der Waals surface area contributed by atoms with E-state index in [1.54, 1.807) is 13.3 Å². The van der Waals surface area contributed by atoms with Gasteiger partial charge in [-0.2, -0.15) is 0 Å². The summed E-state index contributed by atoms with van der Waals surface area (Å²) in [4.78, 5) is 25.0. The summed E-state index contributed by atoms with van der Waals surface area (Å²) in [5.74, 6) is 3.96. The van der Waals surface area contributed by atoms with E-state index in [9.17, 15) is 4.79 Å². The van der Waals surface area contributed by atoms with Gasteiger partial charge in [-0.15, -0.1) is 0 Å². The maximum Gasteiger partial charge on any atom is 0.254 e. The minimum Gasteiger partial charge on any atom is -0.494 e. The van der Waals surface area contributed by atoms with Gasteiger partial charge < -0.3 is 14.2 Å². The van der Waals surface area contributed by atoms with Crippen LogP contribution in [0.1, 0.15) is 35.7 Å². The molecule has 1 aromatic carbocycles. The number of carbonyl (C=O) groups excluding carboxylic acids is 1. The Kier molecular flexibility index (Phi) is 3.77. The van der Waals surface area contributed by atoms with Crippen LogP contribution in [0.4, 0.5) is 0 Å². The molecule has 3 aromatic rings. The quantitative estimate of drug-likeness (QED) is 0.668. The molecule has 4 atom stereocenters. The van der Waals surface area contributed by atoms with Crippen LogP contribution in [0.5, 0.6) is 5.75 Å². The largest absolute Gasteiger partial charge is 0.494 e. The van der Waals surface area contributed by atoms with Crippen molar-refractivity contribution in [1.82, 2.24) is 19.4 Å². The third-order valence-corrected chi connectivity index (χ3v) is 7.66. The second-order valence-electron chi connectivity index (χ2n) is 9.00. The van der Waals surface area contributed by atoms with Gasteiger partial charge in [-0.3, -0.25) is 9.78 Å². The Labute approximate surface area is 175 Å². The Bertz CT molecular complexity index is 1180. The smallest absolute Gasteiger partial charge is 0.254 e. The number of carbonyl (C=O) groups is 1. The van der Waals surface area contributed by atoms with E-state index in [1.165, 1.54) is 12.8 Å². The van der Waals surface area contributed by atoms with Gasteiger partial charge in [0.05, 0.1) is 12.6 Å². The summed E-state index contributed by atoms with van der Waals surface area (Å²) in [5, 5.41) is 0. The van der Waals surface area contributed by atoms with E-state index >= 15 is 0 Å². The molecule has 6 heteroatoms. The molecule has 1 unspecified atom stereocenters. The van der Waals surface area contributed by atoms with Gasteiger partial charge in [-0.25, -0.2) is 4.98 Å². The molecule has 1 aliphatic heterocycles. The third kappa shape index (κ3) is 2.27. The van der Waals surface area contributed by atoms with E-state index in [2.05, 4.69) is 22.9 Å². The molecule has 0 spiro atoms. The number of aryl methyl sites for hydroxylation is 2. The van der Waals surface area contributed by atoms with Crippen molar-refractivity contribution in [1.29, 1.82) is 0 Å². The molecule has 3 heterocycles. The van der Waals surface area contributed by atoms with Gasteiger partial charge in [0.2, 0.25) is 0 Å². The average Bonchev–Trinajstić information content (AvgIpc) is 3.08. The SMILES string of the molecule is CCc1cccnc1-c1nc2cc(C(=O)N3C[C@H]4CC5C[C@@H]3[C@H]54)cc(OC)c2n1C. The molecule has 3 fully saturated rings. The predicted molar refractivity (Wildman–Crippen MR) is 114 cm³/mol.